The van der Waals surface area contributed by atoms with Crippen molar-refractivity contribution in [1.82, 2.24) is 4.90 Å². The van der Waals surface area contributed by atoms with Crippen molar-refractivity contribution < 1.29 is 13.2 Å². The van der Waals surface area contributed by atoms with Crippen LogP contribution in [0.2, 0.25) is 0 Å². The average molecular weight is 389 g/mol. The molecule has 146 valence electrons. The molecule has 2 rings (SSSR count). The largest absolute Gasteiger partial charge is 0.342 e. The van der Waals surface area contributed by atoms with Gasteiger partial charge in [0.05, 0.1) is 10.6 Å². The molecule has 5 nitrogen and oxygen atoms in total. The Morgan fingerprint density at radius 3 is 2.07 bits per heavy atom. The molecule has 0 saturated heterocycles. The second-order valence-electron chi connectivity index (χ2n) is 6.61. The third-order valence-electron chi connectivity index (χ3n) is 4.85. The lowest BCUT2D eigenvalue weighted by Crippen LogP contribution is -2.43. The van der Waals surface area contributed by atoms with Gasteiger partial charge >= 0.3 is 0 Å². The summed E-state index contributed by atoms with van der Waals surface area (Å²) in [5, 5.41) is 0. The van der Waals surface area contributed by atoms with Crippen molar-refractivity contribution in [2.75, 3.05) is 23.9 Å². The van der Waals surface area contributed by atoms with Gasteiger partial charge in [-0.15, -0.1) is 0 Å². The Hall–Kier alpha value is -2.34. The van der Waals surface area contributed by atoms with E-state index in [0.717, 1.165) is 16.7 Å². The SMILES string of the molecule is CCN(CC)C(=O)CN(c1cccc(C)c1C)S(=O)(=O)c1ccc(C)cc1. The minimum Gasteiger partial charge on any atom is -0.342 e. The molecule has 0 aliphatic rings. The fraction of sp³-hybridized carbons (Fsp3) is 0.381. The van der Waals surface area contributed by atoms with E-state index in [0.29, 0.717) is 18.8 Å². The van der Waals surface area contributed by atoms with Gasteiger partial charge in [-0.3, -0.25) is 9.10 Å². The van der Waals surface area contributed by atoms with Gasteiger partial charge in [0.15, 0.2) is 0 Å². The van der Waals surface area contributed by atoms with E-state index in [4.69, 9.17) is 0 Å². The van der Waals surface area contributed by atoms with Crippen molar-refractivity contribution in [2.45, 2.75) is 39.5 Å². The van der Waals surface area contributed by atoms with Gasteiger partial charge in [0.2, 0.25) is 5.91 Å². The lowest BCUT2D eigenvalue weighted by atomic mass is 10.1. The van der Waals surface area contributed by atoms with E-state index in [-0.39, 0.29) is 17.3 Å². The first kappa shape index (κ1) is 21.0. The maximum absolute atomic E-state index is 13.4. The van der Waals surface area contributed by atoms with Gasteiger partial charge in [0, 0.05) is 13.1 Å². The molecule has 0 aliphatic carbocycles. The van der Waals surface area contributed by atoms with Crippen LogP contribution in [0.5, 0.6) is 0 Å². The first-order chi connectivity index (χ1) is 12.7. The van der Waals surface area contributed by atoms with Crippen molar-refractivity contribution in [3.8, 4) is 0 Å². The van der Waals surface area contributed by atoms with Gasteiger partial charge in [-0.25, -0.2) is 8.42 Å². The van der Waals surface area contributed by atoms with Crippen LogP contribution in [-0.2, 0) is 14.8 Å². The molecular weight excluding hydrogens is 360 g/mol. The van der Waals surface area contributed by atoms with Crippen LogP contribution in [0.25, 0.3) is 0 Å². The van der Waals surface area contributed by atoms with Crippen LogP contribution in [0.4, 0.5) is 5.69 Å². The molecule has 0 N–H and O–H groups in total. The smallest absolute Gasteiger partial charge is 0.264 e. The second kappa shape index (κ2) is 8.57. The second-order valence-corrected chi connectivity index (χ2v) is 8.47. The van der Waals surface area contributed by atoms with E-state index >= 15 is 0 Å². The first-order valence-corrected chi connectivity index (χ1v) is 10.6. The Balaban J connectivity index is 2.57. The summed E-state index contributed by atoms with van der Waals surface area (Å²) >= 11 is 0. The van der Waals surface area contributed by atoms with Crippen LogP contribution < -0.4 is 4.31 Å². The Kier molecular flexibility index (Phi) is 6.65. The molecule has 0 heterocycles. The van der Waals surface area contributed by atoms with E-state index in [2.05, 4.69) is 0 Å². The molecule has 2 aromatic carbocycles. The molecule has 0 radical (unpaired) electrons. The quantitative estimate of drug-likeness (QED) is 0.727. The van der Waals surface area contributed by atoms with Gasteiger partial charge in [0.25, 0.3) is 10.0 Å². The first-order valence-electron chi connectivity index (χ1n) is 9.15. The summed E-state index contributed by atoms with van der Waals surface area (Å²) in [4.78, 5) is 14.6. The van der Waals surface area contributed by atoms with Crippen LogP contribution in [-0.4, -0.2) is 38.9 Å². The van der Waals surface area contributed by atoms with E-state index in [1.807, 2.05) is 46.8 Å². The lowest BCUT2D eigenvalue weighted by molar-refractivity contribution is -0.129. The third kappa shape index (κ3) is 4.50. The summed E-state index contributed by atoms with van der Waals surface area (Å²) in [5.74, 6) is -0.211. The highest BCUT2D eigenvalue weighted by Crippen LogP contribution is 2.28. The molecule has 0 aliphatic heterocycles. The average Bonchev–Trinajstić information content (AvgIpc) is 2.63. The Labute approximate surface area is 162 Å². The highest BCUT2D eigenvalue weighted by atomic mass is 32.2. The number of sulfonamides is 1. The van der Waals surface area contributed by atoms with Crippen molar-refractivity contribution in [3.63, 3.8) is 0 Å². The summed E-state index contributed by atoms with van der Waals surface area (Å²) in [5.41, 5.74) is 3.34. The number of anilines is 1. The van der Waals surface area contributed by atoms with Crippen LogP contribution in [0.3, 0.4) is 0 Å². The number of aryl methyl sites for hydroxylation is 2. The molecule has 0 atom stereocenters. The van der Waals surface area contributed by atoms with Crippen molar-refractivity contribution in [1.29, 1.82) is 0 Å². The number of hydrogen-bond donors (Lipinski definition) is 0. The van der Waals surface area contributed by atoms with E-state index in [1.54, 1.807) is 35.2 Å². The topological polar surface area (TPSA) is 57.7 Å². The van der Waals surface area contributed by atoms with Gasteiger partial charge in [0.1, 0.15) is 6.54 Å². The Bertz CT molecular complexity index is 902. The summed E-state index contributed by atoms with van der Waals surface area (Å²) in [7, 11) is -3.87. The predicted octanol–water partition coefficient (Wildman–Crippen LogP) is 3.68. The molecule has 6 heteroatoms. The molecule has 27 heavy (non-hydrogen) atoms. The van der Waals surface area contributed by atoms with Crippen molar-refractivity contribution in [2.24, 2.45) is 0 Å². The molecule has 0 bridgehead atoms. The number of likely N-dealkylation sites (N-methyl/N-ethyl adjacent to an activating group) is 1. The van der Waals surface area contributed by atoms with Crippen LogP contribution in [0.1, 0.15) is 30.5 Å². The van der Waals surface area contributed by atoms with Crippen LogP contribution >= 0.6 is 0 Å². The van der Waals surface area contributed by atoms with Crippen molar-refractivity contribution in [3.05, 3.63) is 59.2 Å². The third-order valence-corrected chi connectivity index (χ3v) is 6.62. The fourth-order valence-electron chi connectivity index (χ4n) is 2.94. The van der Waals surface area contributed by atoms with Gasteiger partial charge in [-0.05, 0) is 63.9 Å². The summed E-state index contributed by atoms with van der Waals surface area (Å²) in [6, 6.07) is 12.2. The number of nitrogens with zero attached hydrogens (tertiary/aromatic N) is 2. The molecule has 0 saturated carbocycles. The van der Waals surface area contributed by atoms with E-state index in [1.165, 1.54) is 4.31 Å². The maximum Gasteiger partial charge on any atom is 0.264 e. The van der Waals surface area contributed by atoms with E-state index < -0.39 is 10.0 Å². The highest BCUT2D eigenvalue weighted by molar-refractivity contribution is 7.92. The summed E-state index contributed by atoms with van der Waals surface area (Å²) < 4.78 is 28.0. The van der Waals surface area contributed by atoms with Crippen LogP contribution in [0.15, 0.2) is 47.4 Å². The summed E-state index contributed by atoms with van der Waals surface area (Å²) in [6.45, 7) is 10.4. The minimum atomic E-state index is -3.87. The predicted molar refractivity (Wildman–Crippen MR) is 110 cm³/mol. The zero-order valence-corrected chi connectivity index (χ0v) is 17.5. The van der Waals surface area contributed by atoms with Crippen molar-refractivity contribution >= 4 is 21.6 Å². The molecule has 1 amide bonds. The maximum atomic E-state index is 13.4. The van der Waals surface area contributed by atoms with Gasteiger partial charge in [-0.2, -0.15) is 0 Å². The van der Waals surface area contributed by atoms with Crippen LogP contribution in [0, 0.1) is 20.8 Å². The number of benzene rings is 2. The Morgan fingerprint density at radius 2 is 1.52 bits per heavy atom. The molecule has 2 aromatic rings. The van der Waals surface area contributed by atoms with E-state index in [9.17, 15) is 13.2 Å². The molecule has 0 aromatic heterocycles. The highest BCUT2D eigenvalue weighted by Gasteiger charge is 2.29. The number of rotatable bonds is 7. The number of carbonyl (C=O) groups is 1. The van der Waals surface area contributed by atoms with Gasteiger partial charge in [-0.1, -0.05) is 29.8 Å². The standard InChI is InChI=1S/C21H28N2O3S/c1-6-22(7-2)21(24)15-23(20-10-8-9-17(4)18(20)5)27(25,26)19-13-11-16(3)12-14-19/h8-14H,6-7,15H2,1-5H3. The molecular formula is C21H28N2O3S. The summed E-state index contributed by atoms with van der Waals surface area (Å²) in [6.07, 6.45) is 0. The number of amides is 1. The zero-order chi connectivity index (χ0) is 20.2. The molecule has 0 fully saturated rings. The minimum absolute atomic E-state index is 0.182. The molecule has 0 unspecified atom stereocenters. The lowest BCUT2D eigenvalue weighted by Gasteiger charge is -2.29. The Morgan fingerprint density at radius 1 is 0.926 bits per heavy atom. The fourth-order valence-corrected chi connectivity index (χ4v) is 4.41. The van der Waals surface area contributed by atoms with Gasteiger partial charge < -0.3 is 4.90 Å². The number of hydrogen-bond acceptors (Lipinski definition) is 3. The molecule has 0 spiro atoms. The monoisotopic (exact) mass is 388 g/mol. The number of carbonyl (C=O) groups excluding carboxylic acids is 1. The normalized spacial score (nSPS) is 11.3. The zero-order valence-electron chi connectivity index (χ0n) is 16.7.